The molecule has 20 heavy (non-hydrogen) atoms. The summed E-state index contributed by atoms with van der Waals surface area (Å²) in [5.74, 6) is 3.21. The molecule has 4 saturated carbocycles. The summed E-state index contributed by atoms with van der Waals surface area (Å²) in [6.45, 7) is 3.42. The van der Waals surface area contributed by atoms with E-state index in [1.807, 2.05) is 0 Å². The normalized spacial score (nSPS) is 38.4. The zero-order valence-electron chi connectivity index (χ0n) is 12.8. The van der Waals surface area contributed by atoms with E-state index in [0.29, 0.717) is 5.54 Å². The average molecular weight is 270 g/mol. The molecule has 0 spiro atoms. The SMILES string of the molecule is CCc1ccc(C[NH2+]C23CC4CC(CC(C4)C2)C3)cc1. The largest absolute Gasteiger partial charge is 0.338 e. The molecule has 0 aliphatic heterocycles. The van der Waals surface area contributed by atoms with Gasteiger partial charge in [0.25, 0.3) is 0 Å². The summed E-state index contributed by atoms with van der Waals surface area (Å²) in [4.78, 5) is 0. The van der Waals surface area contributed by atoms with Crippen molar-refractivity contribution in [2.45, 2.75) is 64.0 Å². The van der Waals surface area contributed by atoms with Gasteiger partial charge in [-0.1, -0.05) is 31.2 Å². The smallest absolute Gasteiger partial charge is 0.102 e. The van der Waals surface area contributed by atoms with Crippen LogP contribution in [0.5, 0.6) is 0 Å². The Morgan fingerprint density at radius 3 is 1.90 bits per heavy atom. The molecule has 1 aromatic carbocycles. The lowest BCUT2D eigenvalue weighted by Gasteiger charge is -2.54. The summed E-state index contributed by atoms with van der Waals surface area (Å²) in [5, 5.41) is 2.72. The third kappa shape index (κ3) is 2.30. The van der Waals surface area contributed by atoms with Crippen LogP contribution < -0.4 is 5.32 Å². The number of benzene rings is 1. The van der Waals surface area contributed by atoms with E-state index >= 15 is 0 Å². The lowest BCUT2D eigenvalue weighted by atomic mass is 9.53. The Morgan fingerprint density at radius 2 is 1.40 bits per heavy atom. The predicted octanol–water partition coefficient (Wildman–Crippen LogP) is 3.28. The maximum atomic E-state index is 2.72. The monoisotopic (exact) mass is 270 g/mol. The highest BCUT2D eigenvalue weighted by Gasteiger charge is 2.53. The minimum Gasteiger partial charge on any atom is -0.338 e. The third-order valence-corrected chi connectivity index (χ3v) is 6.29. The van der Waals surface area contributed by atoms with Gasteiger partial charge in [0, 0.05) is 24.8 Å². The van der Waals surface area contributed by atoms with Gasteiger partial charge in [-0.25, -0.2) is 0 Å². The molecule has 108 valence electrons. The van der Waals surface area contributed by atoms with Gasteiger partial charge < -0.3 is 5.32 Å². The molecular weight excluding hydrogens is 242 g/mol. The second-order valence-corrected chi connectivity index (χ2v) is 7.86. The van der Waals surface area contributed by atoms with Gasteiger partial charge in [0.1, 0.15) is 6.54 Å². The Morgan fingerprint density at radius 1 is 0.900 bits per heavy atom. The van der Waals surface area contributed by atoms with Crippen molar-refractivity contribution in [3.8, 4) is 0 Å². The molecule has 4 bridgehead atoms. The van der Waals surface area contributed by atoms with E-state index in [0.717, 1.165) is 24.2 Å². The zero-order chi connectivity index (χ0) is 13.6. The zero-order valence-corrected chi connectivity index (χ0v) is 12.8. The molecule has 0 amide bonds. The van der Waals surface area contributed by atoms with Crippen LogP contribution in [0.4, 0.5) is 0 Å². The molecule has 0 radical (unpaired) electrons. The average Bonchev–Trinajstić information content (AvgIpc) is 2.44. The van der Waals surface area contributed by atoms with Crippen molar-refractivity contribution in [1.29, 1.82) is 0 Å². The summed E-state index contributed by atoms with van der Waals surface area (Å²) in [6, 6.07) is 9.30. The molecule has 0 saturated heterocycles. The van der Waals surface area contributed by atoms with Gasteiger partial charge in [-0.3, -0.25) is 0 Å². The third-order valence-electron chi connectivity index (χ3n) is 6.29. The van der Waals surface area contributed by atoms with E-state index in [1.165, 1.54) is 36.9 Å². The van der Waals surface area contributed by atoms with Crippen molar-refractivity contribution >= 4 is 0 Å². The van der Waals surface area contributed by atoms with Crippen molar-refractivity contribution in [3.63, 3.8) is 0 Å². The molecule has 2 N–H and O–H groups in total. The number of aryl methyl sites for hydroxylation is 1. The van der Waals surface area contributed by atoms with Crippen LogP contribution >= 0.6 is 0 Å². The first-order chi connectivity index (χ1) is 9.75. The summed E-state index contributed by atoms with van der Waals surface area (Å²) in [5.41, 5.74) is 3.60. The van der Waals surface area contributed by atoms with Crippen molar-refractivity contribution in [2.24, 2.45) is 17.8 Å². The Hall–Kier alpha value is -0.820. The highest BCUT2D eigenvalue weighted by molar-refractivity contribution is 5.21. The lowest BCUT2D eigenvalue weighted by molar-refractivity contribution is -0.752. The van der Waals surface area contributed by atoms with Gasteiger partial charge in [0.2, 0.25) is 0 Å². The molecule has 5 rings (SSSR count). The van der Waals surface area contributed by atoms with Crippen molar-refractivity contribution < 1.29 is 5.32 Å². The molecular formula is C19H28N+. The highest BCUT2D eigenvalue weighted by Crippen LogP contribution is 2.54. The molecule has 0 heterocycles. The minimum absolute atomic E-state index is 0.623. The van der Waals surface area contributed by atoms with E-state index in [1.54, 1.807) is 19.3 Å². The van der Waals surface area contributed by atoms with Crippen LogP contribution in [0.1, 0.15) is 56.6 Å². The second kappa shape index (κ2) is 4.87. The Balaban J connectivity index is 1.43. The molecule has 4 aliphatic carbocycles. The Bertz CT molecular complexity index is 438. The van der Waals surface area contributed by atoms with Crippen molar-refractivity contribution in [1.82, 2.24) is 0 Å². The van der Waals surface area contributed by atoms with Crippen molar-refractivity contribution in [3.05, 3.63) is 35.4 Å². The van der Waals surface area contributed by atoms with E-state index in [9.17, 15) is 0 Å². The van der Waals surface area contributed by atoms with Gasteiger partial charge in [-0.2, -0.15) is 0 Å². The van der Waals surface area contributed by atoms with Gasteiger partial charge >= 0.3 is 0 Å². The maximum absolute atomic E-state index is 2.72. The van der Waals surface area contributed by atoms with E-state index in [4.69, 9.17) is 0 Å². The fourth-order valence-corrected chi connectivity index (χ4v) is 5.67. The number of hydrogen-bond donors (Lipinski definition) is 1. The molecule has 4 fully saturated rings. The fraction of sp³-hybridized carbons (Fsp3) is 0.684. The second-order valence-electron chi connectivity index (χ2n) is 7.86. The summed E-state index contributed by atoms with van der Waals surface area (Å²) >= 11 is 0. The standard InChI is InChI=1S/C19H27N/c1-2-14-3-5-15(6-4-14)13-20-19-10-16-7-17(11-19)9-18(8-16)12-19/h3-6,16-18,20H,2,7-13H2,1H3/p+1. The van der Waals surface area contributed by atoms with Crippen LogP contribution in [-0.2, 0) is 13.0 Å². The van der Waals surface area contributed by atoms with E-state index in [2.05, 4.69) is 36.5 Å². The summed E-state index contributed by atoms with van der Waals surface area (Å²) < 4.78 is 0. The van der Waals surface area contributed by atoms with Crippen LogP contribution in [0.2, 0.25) is 0 Å². The van der Waals surface area contributed by atoms with Crippen LogP contribution in [0.25, 0.3) is 0 Å². The van der Waals surface area contributed by atoms with Crippen molar-refractivity contribution in [2.75, 3.05) is 0 Å². The number of nitrogens with two attached hydrogens (primary N) is 1. The number of rotatable bonds is 4. The molecule has 1 aromatic rings. The van der Waals surface area contributed by atoms with Gasteiger partial charge in [-0.05, 0) is 49.0 Å². The summed E-state index contributed by atoms with van der Waals surface area (Å²) in [7, 11) is 0. The van der Waals surface area contributed by atoms with Gasteiger partial charge in [-0.15, -0.1) is 0 Å². The molecule has 4 aliphatic rings. The first kappa shape index (κ1) is 12.9. The van der Waals surface area contributed by atoms with Crippen LogP contribution in [0, 0.1) is 17.8 Å². The topological polar surface area (TPSA) is 16.6 Å². The van der Waals surface area contributed by atoms with E-state index < -0.39 is 0 Å². The first-order valence-electron chi connectivity index (χ1n) is 8.67. The van der Waals surface area contributed by atoms with Gasteiger partial charge in [0.15, 0.2) is 0 Å². The van der Waals surface area contributed by atoms with Crippen LogP contribution in [0.15, 0.2) is 24.3 Å². The number of hydrogen-bond acceptors (Lipinski definition) is 0. The number of quaternary nitrogens is 1. The fourth-order valence-electron chi connectivity index (χ4n) is 5.67. The predicted molar refractivity (Wildman–Crippen MR) is 82.4 cm³/mol. The molecule has 1 nitrogen and oxygen atoms in total. The van der Waals surface area contributed by atoms with E-state index in [-0.39, 0.29) is 0 Å². The van der Waals surface area contributed by atoms with Crippen LogP contribution in [0.3, 0.4) is 0 Å². The summed E-state index contributed by atoms with van der Waals surface area (Å²) in [6.07, 6.45) is 10.3. The quantitative estimate of drug-likeness (QED) is 0.864. The lowest BCUT2D eigenvalue weighted by Crippen LogP contribution is -2.97. The molecule has 1 heteroatoms. The molecule has 0 unspecified atom stereocenters. The minimum atomic E-state index is 0.623. The van der Waals surface area contributed by atoms with Gasteiger partial charge in [0.05, 0.1) is 5.54 Å². The highest BCUT2D eigenvalue weighted by atomic mass is 15.0. The molecule has 0 aromatic heterocycles. The first-order valence-corrected chi connectivity index (χ1v) is 8.67. The molecule has 0 atom stereocenters. The Kier molecular flexibility index (Phi) is 3.14. The Labute approximate surface area is 123 Å². The van der Waals surface area contributed by atoms with Crippen LogP contribution in [-0.4, -0.2) is 5.54 Å². The maximum Gasteiger partial charge on any atom is 0.102 e.